The number of carbonyl (C=O) groups is 1. The van der Waals surface area contributed by atoms with Crippen LogP contribution in [0.2, 0.25) is 0 Å². The molecule has 1 aliphatic rings. The molecule has 0 bridgehead atoms. The lowest BCUT2D eigenvalue weighted by Gasteiger charge is -2.21. The van der Waals surface area contributed by atoms with E-state index < -0.39 is 23.4 Å². The van der Waals surface area contributed by atoms with Gasteiger partial charge in [-0.05, 0) is 56.0 Å². The number of nitrogens with one attached hydrogen (secondary N) is 1. The molecule has 1 aromatic carbocycles. The van der Waals surface area contributed by atoms with Crippen LogP contribution in [0.25, 0.3) is 0 Å². The van der Waals surface area contributed by atoms with Crippen LogP contribution in [0.1, 0.15) is 57.4 Å². The van der Waals surface area contributed by atoms with E-state index in [0.717, 1.165) is 37.5 Å². The minimum atomic E-state index is -3.59. The van der Waals surface area contributed by atoms with Crippen molar-refractivity contribution in [3.63, 3.8) is 0 Å². The average molecular weight is 509 g/mol. The van der Waals surface area contributed by atoms with Gasteiger partial charge in [0.2, 0.25) is 5.91 Å². The zero-order chi connectivity index (χ0) is 24.8. The Hall–Kier alpha value is -2.06. The summed E-state index contributed by atoms with van der Waals surface area (Å²) in [4.78, 5) is 18.0. The van der Waals surface area contributed by atoms with Gasteiger partial charge in [0.15, 0.2) is 15.3 Å². The zero-order valence-electron chi connectivity index (χ0n) is 19.9. The summed E-state index contributed by atoms with van der Waals surface area (Å²) in [5.74, 6) is -0.0221. The van der Waals surface area contributed by atoms with Gasteiger partial charge in [-0.3, -0.25) is 9.36 Å². The Kier molecular flexibility index (Phi) is 9.04. The zero-order valence-corrected chi connectivity index (χ0v) is 21.6. The lowest BCUT2D eigenvalue weighted by molar-refractivity contribution is -0.118. The highest BCUT2D eigenvalue weighted by Gasteiger charge is 2.30. The number of nitrogens with zero attached hydrogens (tertiary/aromatic N) is 1. The molecule has 1 heterocycles. The molecule has 3 rings (SSSR count). The third-order valence-corrected chi connectivity index (χ3v) is 9.07. The third kappa shape index (κ3) is 6.75. The van der Waals surface area contributed by atoms with Crippen molar-refractivity contribution in [1.82, 2.24) is 4.98 Å². The van der Waals surface area contributed by atoms with Gasteiger partial charge in [-0.2, -0.15) is 0 Å². The number of anilines is 1. The van der Waals surface area contributed by atoms with E-state index in [1.165, 1.54) is 0 Å². The fourth-order valence-corrected chi connectivity index (χ4v) is 6.44. The maximum Gasteiger partial charge on any atom is 0.379 e. The lowest BCUT2D eigenvalue weighted by atomic mass is 9.87. The van der Waals surface area contributed by atoms with Crippen molar-refractivity contribution in [3.8, 4) is 0 Å². The lowest BCUT2D eigenvalue weighted by Crippen LogP contribution is -2.25. The molecule has 186 valence electrons. The summed E-state index contributed by atoms with van der Waals surface area (Å²) in [6.07, 6.45) is 6.28. The number of hydrogen-bond donors (Lipinski definition) is 1. The molecular formula is C24H33N2O6PS. The molecule has 0 unspecified atom stereocenters. The number of benzene rings is 1. The summed E-state index contributed by atoms with van der Waals surface area (Å²) in [6.45, 7) is 3.84. The predicted molar refractivity (Wildman–Crippen MR) is 132 cm³/mol. The highest BCUT2D eigenvalue weighted by molar-refractivity contribution is 7.90. The number of amides is 1. The predicted octanol–water partition coefficient (Wildman–Crippen LogP) is 4.68. The first-order valence-electron chi connectivity index (χ1n) is 11.6. The van der Waals surface area contributed by atoms with Crippen molar-refractivity contribution in [2.75, 3.05) is 24.8 Å². The van der Waals surface area contributed by atoms with Gasteiger partial charge in [-0.25, -0.2) is 13.4 Å². The Morgan fingerprint density at radius 2 is 1.71 bits per heavy atom. The summed E-state index contributed by atoms with van der Waals surface area (Å²) in [5, 5.41) is 2.86. The van der Waals surface area contributed by atoms with E-state index in [1.54, 1.807) is 56.3 Å². The maximum absolute atomic E-state index is 13.4. The maximum atomic E-state index is 13.4. The van der Waals surface area contributed by atoms with Crippen LogP contribution >= 0.6 is 7.60 Å². The van der Waals surface area contributed by atoms with E-state index in [-0.39, 0.29) is 35.3 Å². The van der Waals surface area contributed by atoms with Gasteiger partial charge < -0.3 is 14.4 Å². The molecule has 0 spiro atoms. The van der Waals surface area contributed by atoms with Crippen molar-refractivity contribution in [3.05, 3.63) is 48.0 Å². The summed E-state index contributed by atoms with van der Waals surface area (Å²) in [5.41, 5.74) is 0.890. The quantitative estimate of drug-likeness (QED) is 0.439. The fourth-order valence-electron chi connectivity index (χ4n) is 4.29. The van der Waals surface area contributed by atoms with Crippen molar-refractivity contribution in [2.24, 2.45) is 5.92 Å². The van der Waals surface area contributed by atoms with Gasteiger partial charge >= 0.3 is 7.60 Å². The average Bonchev–Trinajstić information content (AvgIpc) is 3.31. The Morgan fingerprint density at radius 1 is 1.09 bits per heavy atom. The SMILES string of the molecule is CCOP(=O)(OCC)c1cccc(NC(=O)[C@H](CC2CCCC2)c2ccc(S(C)(=O)=O)cc2)n1. The number of aromatic nitrogens is 1. The first-order valence-corrected chi connectivity index (χ1v) is 15.1. The fraction of sp³-hybridized carbons (Fsp3) is 0.500. The summed E-state index contributed by atoms with van der Waals surface area (Å²) in [6, 6.07) is 11.3. The number of sulfone groups is 1. The molecule has 10 heteroatoms. The van der Waals surface area contributed by atoms with Crippen LogP contribution in [0, 0.1) is 5.92 Å². The molecule has 8 nitrogen and oxygen atoms in total. The highest BCUT2D eigenvalue weighted by atomic mass is 32.2. The molecule has 2 aromatic rings. The second-order valence-corrected chi connectivity index (χ2v) is 12.5. The number of rotatable bonds is 11. The molecule has 1 N–H and O–H groups in total. The van der Waals surface area contributed by atoms with Crippen LogP contribution in [-0.2, 0) is 28.2 Å². The Balaban J connectivity index is 1.86. The first kappa shape index (κ1) is 26.5. The van der Waals surface area contributed by atoms with Crippen molar-refractivity contribution in [1.29, 1.82) is 0 Å². The molecule has 0 radical (unpaired) electrons. The standard InChI is InChI=1S/C24H33N2O6PS/c1-4-31-33(28,32-5-2)23-12-8-11-22(25-23)26-24(27)21(17-18-9-6-7-10-18)19-13-15-20(16-14-19)34(3,29)30/h8,11-16,18,21H,4-7,9-10,17H2,1-3H3,(H,25,26,27)/t21-/m1/s1. The van der Waals surface area contributed by atoms with E-state index in [2.05, 4.69) is 10.3 Å². The van der Waals surface area contributed by atoms with Crippen molar-refractivity contribution < 1.29 is 26.8 Å². The number of pyridine rings is 1. The Labute approximate surface area is 201 Å². The summed E-state index contributed by atoms with van der Waals surface area (Å²) >= 11 is 0. The van der Waals surface area contributed by atoms with E-state index in [4.69, 9.17) is 9.05 Å². The molecule has 0 aliphatic heterocycles. The minimum absolute atomic E-state index is 0.138. The summed E-state index contributed by atoms with van der Waals surface area (Å²) < 4.78 is 47.5. The summed E-state index contributed by atoms with van der Waals surface area (Å²) in [7, 11) is -6.91. The van der Waals surface area contributed by atoms with E-state index in [9.17, 15) is 17.8 Å². The van der Waals surface area contributed by atoms with Gasteiger partial charge in [-0.1, -0.05) is 43.9 Å². The minimum Gasteiger partial charge on any atom is -0.310 e. The monoisotopic (exact) mass is 508 g/mol. The smallest absolute Gasteiger partial charge is 0.310 e. The van der Waals surface area contributed by atoms with Crippen LogP contribution in [0.15, 0.2) is 47.4 Å². The third-order valence-electron chi connectivity index (χ3n) is 5.94. The van der Waals surface area contributed by atoms with Gasteiger partial charge in [0, 0.05) is 6.26 Å². The molecule has 1 fully saturated rings. The van der Waals surface area contributed by atoms with Gasteiger partial charge in [0.1, 0.15) is 5.82 Å². The van der Waals surface area contributed by atoms with Gasteiger partial charge in [0.25, 0.3) is 0 Å². The number of hydrogen-bond acceptors (Lipinski definition) is 7. The molecule has 1 aromatic heterocycles. The molecule has 0 saturated heterocycles. The topological polar surface area (TPSA) is 112 Å². The molecule has 1 atom stereocenters. The molecule has 1 amide bonds. The highest BCUT2D eigenvalue weighted by Crippen LogP contribution is 2.46. The van der Waals surface area contributed by atoms with Crippen LogP contribution in [0.4, 0.5) is 5.82 Å². The van der Waals surface area contributed by atoms with Crippen molar-refractivity contribution in [2.45, 2.75) is 56.8 Å². The van der Waals surface area contributed by atoms with E-state index in [0.29, 0.717) is 12.3 Å². The van der Waals surface area contributed by atoms with Gasteiger partial charge in [0.05, 0.1) is 24.0 Å². The molecule has 34 heavy (non-hydrogen) atoms. The van der Waals surface area contributed by atoms with Crippen LogP contribution in [0.3, 0.4) is 0 Å². The second kappa shape index (κ2) is 11.6. The number of carbonyl (C=O) groups excluding carboxylic acids is 1. The first-order chi connectivity index (χ1) is 16.2. The van der Waals surface area contributed by atoms with E-state index in [1.807, 2.05) is 0 Å². The van der Waals surface area contributed by atoms with Crippen LogP contribution in [0.5, 0.6) is 0 Å². The molecule has 1 saturated carbocycles. The van der Waals surface area contributed by atoms with Gasteiger partial charge in [-0.15, -0.1) is 0 Å². The second-order valence-electron chi connectivity index (χ2n) is 8.48. The van der Waals surface area contributed by atoms with Crippen LogP contribution in [-0.4, -0.2) is 38.8 Å². The largest absolute Gasteiger partial charge is 0.379 e. The normalized spacial score (nSPS) is 15.9. The molecule has 1 aliphatic carbocycles. The van der Waals surface area contributed by atoms with Crippen molar-refractivity contribution >= 4 is 34.6 Å². The van der Waals surface area contributed by atoms with E-state index >= 15 is 0 Å². The Bertz CT molecular complexity index is 1120. The molecular weight excluding hydrogens is 475 g/mol. The Morgan fingerprint density at radius 3 is 2.26 bits per heavy atom. The van der Waals surface area contributed by atoms with Crippen LogP contribution < -0.4 is 10.8 Å².